The first kappa shape index (κ1) is 20.9. The van der Waals surface area contributed by atoms with E-state index in [0.29, 0.717) is 18.9 Å². The summed E-state index contributed by atoms with van der Waals surface area (Å²) >= 11 is 0. The molecule has 3 amide bonds. The van der Waals surface area contributed by atoms with Crippen LogP contribution < -0.4 is 10.6 Å². The van der Waals surface area contributed by atoms with E-state index >= 15 is 0 Å². The molecule has 158 valence electrons. The third-order valence-corrected chi connectivity index (χ3v) is 6.35. The van der Waals surface area contributed by atoms with Crippen LogP contribution in [0, 0.1) is 22.7 Å². The van der Waals surface area contributed by atoms with E-state index in [1.807, 2.05) is 41.5 Å². The van der Waals surface area contributed by atoms with Crippen LogP contribution in [0.3, 0.4) is 0 Å². The number of rotatable bonds is 4. The lowest BCUT2D eigenvalue weighted by atomic mass is 9.85. The van der Waals surface area contributed by atoms with Crippen molar-refractivity contribution in [3.63, 3.8) is 0 Å². The van der Waals surface area contributed by atoms with Crippen LogP contribution in [0.5, 0.6) is 0 Å². The largest absolute Gasteiger partial charge is 0.480 e. The van der Waals surface area contributed by atoms with Crippen molar-refractivity contribution in [1.29, 1.82) is 0 Å². The number of aliphatic carboxylic acids is 1. The molecule has 1 spiro atoms. The Hall–Kier alpha value is -1.79. The van der Waals surface area contributed by atoms with E-state index in [2.05, 4.69) is 10.6 Å². The van der Waals surface area contributed by atoms with Gasteiger partial charge in [0.2, 0.25) is 5.91 Å². The summed E-state index contributed by atoms with van der Waals surface area (Å²) in [6.07, 6.45) is 4.04. The number of carbonyl (C=O) groups excluding carboxylic acids is 2. The molecule has 0 aromatic rings. The maximum absolute atomic E-state index is 13.4. The summed E-state index contributed by atoms with van der Waals surface area (Å²) in [6, 6.07) is -2.00. The Kier molecular flexibility index (Phi) is 4.96. The number of carboxylic acids is 1. The maximum Gasteiger partial charge on any atom is 0.326 e. The maximum atomic E-state index is 13.4. The molecule has 0 aromatic carbocycles. The lowest BCUT2D eigenvalue weighted by Crippen LogP contribution is -2.60. The van der Waals surface area contributed by atoms with Crippen LogP contribution in [0.15, 0.2) is 0 Å². The highest BCUT2D eigenvalue weighted by molar-refractivity contribution is 5.91. The van der Waals surface area contributed by atoms with Crippen LogP contribution in [0.2, 0.25) is 0 Å². The van der Waals surface area contributed by atoms with E-state index in [-0.39, 0.29) is 11.3 Å². The van der Waals surface area contributed by atoms with Gasteiger partial charge in [-0.15, -0.1) is 0 Å². The molecule has 0 aromatic heterocycles. The van der Waals surface area contributed by atoms with Gasteiger partial charge in [-0.3, -0.25) is 4.79 Å². The number of amides is 3. The molecule has 3 fully saturated rings. The van der Waals surface area contributed by atoms with Crippen LogP contribution in [0.25, 0.3) is 0 Å². The topological polar surface area (TPSA) is 98.7 Å². The summed E-state index contributed by atoms with van der Waals surface area (Å²) in [4.78, 5) is 39.3. The normalized spacial score (nSPS) is 30.9. The quantitative estimate of drug-likeness (QED) is 0.684. The summed E-state index contributed by atoms with van der Waals surface area (Å²) in [7, 11) is 0. The zero-order valence-electron chi connectivity index (χ0n) is 18.0. The average Bonchev–Trinajstić information content (AvgIpc) is 3.38. The van der Waals surface area contributed by atoms with Crippen LogP contribution in [-0.4, -0.2) is 52.1 Å². The number of carboxylic acid groups (broad SMARTS) is 1. The highest BCUT2D eigenvalue weighted by Crippen LogP contribution is 2.67. The molecule has 3 rings (SSSR count). The molecule has 7 heteroatoms. The van der Waals surface area contributed by atoms with Gasteiger partial charge in [-0.1, -0.05) is 20.8 Å². The van der Waals surface area contributed by atoms with E-state index in [1.54, 1.807) is 0 Å². The van der Waals surface area contributed by atoms with Gasteiger partial charge in [0.1, 0.15) is 12.1 Å². The molecule has 2 aliphatic carbocycles. The second-order valence-corrected chi connectivity index (χ2v) is 11.2. The number of likely N-dealkylation sites (tertiary alicyclic amines) is 1. The highest BCUT2D eigenvalue weighted by Gasteiger charge is 2.66. The number of hydrogen-bond acceptors (Lipinski definition) is 3. The molecule has 2 saturated carbocycles. The minimum absolute atomic E-state index is 0.0179. The predicted molar refractivity (Wildman–Crippen MR) is 106 cm³/mol. The first-order valence-electron chi connectivity index (χ1n) is 10.4. The van der Waals surface area contributed by atoms with Gasteiger partial charge in [0, 0.05) is 12.1 Å². The lowest BCUT2D eigenvalue weighted by Gasteiger charge is -2.35. The Morgan fingerprint density at radius 2 is 1.68 bits per heavy atom. The minimum Gasteiger partial charge on any atom is -0.480 e. The van der Waals surface area contributed by atoms with Crippen molar-refractivity contribution in [2.45, 2.75) is 84.8 Å². The molecule has 7 nitrogen and oxygen atoms in total. The molecule has 28 heavy (non-hydrogen) atoms. The van der Waals surface area contributed by atoms with Gasteiger partial charge in [-0.2, -0.15) is 0 Å². The molecular weight excluding hydrogens is 358 g/mol. The lowest BCUT2D eigenvalue weighted by molar-refractivity contribution is -0.150. The number of nitrogens with one attached hydrogen (secondary N) is 2. The Balaban J connectivity index is 1.77. The number of urea groups is 1. The van der Waals surface area contributed by atoms with Gasteiger partial charge < -0.3 is 20.6 Å². The molecule has 0 radical (unpaired) electrons. The Labute approximate surface area is 167 Å². The first-order valence-corrected chi connectivity index (χ1v) is 10.4. The van der Waals surface area contributed by atoms with E-state index in [4.69, 9.17) is 0 Å². The third kappa shape index (κ3) is 4.28. The third-order valence-electron chi connectivity index (χ3n) is 6.35. The molecule has 3 N–H and O–H groups in total. The fraction of sp³-hybridized carbons (Fsp3) is 0.857. The zero-order valence-corrected chi connectivity index (χ0v) is 18.0. The minimum atomic E-state index is -0.946. The second kappa shape index (κ2) is 6.63. The average molecular weight is 394 g/mol. The molecular formula is C21H35N3O4. The zero-order chi connectivity index (χ0) is 21.1. The Bertz CT molecular complexity index is 674. The van der Waals surface area contributed by atoms with Crippen molar-refractivity contribution >= 4 is 17.9 Å². The standard InChI is InChI=1S/C21H35N3O4/c1-19(2,3)15(22-18(28)23-20(4,5)6)16(25)24-11-21(10-14(24)17(26)27)9-13(21)12-7-8-12/h12-15H,7-11H2,1-6H3,(H,26,27)(H2,22,23,28)/t13-,14+,15-,21-/m1/s1. The van der Waals surface area contributed by atoms with Gasteiger partial charge in [0.25, 0.3) is 0 Å². The van der Waals surface area contributed by atoms with Crippen LogP contribution in [-0.2, 0) is 9.59 Å². The van der Waals surface area contributed by atoms with Crippen molar-refractivity contribution < 1.29 is 19.5 Å². The summed E-state index contributed by atoms with van der Waals surface area (Å²) in [5, 5.41) is 15.4. The van der Waals surface area contributed by atoms with Gasteiger partial charge in [-0.05, 0) is 69.1 Å². The number of hydrogen-bond donors (Lipinski definition) is 3. The van der Waals surface area contributed by atoms with Gasteiger partial charge in [-0.25, -0.2) is 9.59 Å². The summed E-state index contributed by atoms with van der Waals surface area (Å²) in [6.45, 7) is 11.8. The first-order chi connectivity index (χ1) is 12.7. The molecule has 1 saturated heterocycles. The van der Waals surface area contributed by atoms with Crippen molar-refractivity contribution in [1.82, 2.24) is 15.5 Å². The van der Waals surface area contributed by atoms with Crippen molar-refractivity contribution in [2.75, 3.05) is 6.54 Å². The Morgan fingerprint density at radius 1 is 1.07 bits per heavy atom. The fourth-order valence-electron chi connectivity index (χ4n) is 4.74. The fourth-order valence-corrected chi connectivity index (χ4v) is 4.74. The second-order valence-electron chi connectivity index (χ2n) is 11.2. The van der Waals surface area contributed by atoms with E-state index in [1.165, 1.54) is 17.7 Å². The van der Waals surface area contributed by atoms with Crippen LogP contribution >= 0.6 is 0 Å². The Morgan fingerprint density at radius 3 is 2.14 bits per heavy atom. The van der Waals surface area contributed by atoms with E-state index in [9.17, 15) is 19.5 Å². The predicted octanol–water partition coefficient (Wildman–Crippen LogP) is 2.60. The monoisotopic (exact) mass is 393 g/mol. The smallest absolute Gasteiger partial charge is 0.326 e. The van der Waals surface area contributed by atoms with Crippen LogP contribution in [0.1, 0.15) is 67.2 Å². The highest BCUT2D eigenvalue weighted by atomic mass is 16.4. The SMILES string of the molecule is CC(C)(C)NC(=O)N[C@H](C(=O)N1C[C@@]2(C[C@@H]2C2CC2)C[C@H]1C(=O)O)C(C)(C)C. The molecule has 1 aliphatic heterocycles. The van der Waals surface area contributed by atoms with Crippen LogP contribution in [0.4, 0.5) is 4.79 Å². The summed E-state index contributed by atoms with van der Waals surface area (Å²) in [5.74, 6) is 0.0525. The van der Waals surface area contributed by atoms with Crippen molar-refractivity contribution in [3.8, 4) is 0 Å². The van der Waals surface area contributed by atoms with Gasteiger partial charge >= 0.3 is 12.0 Å². The van der Waals surface area contributed by atoms with E-state index in [0.717, 1.165) is 12.3 Å². The van der Waals surface area contributed by atoms with Crippen molar-refractivity contribution in [2.24, 2.45) is 22.7 Å². The van der Waals surface area contributed by atoms with E-state index < -0.39 is 35.0 Å². The molecule has 0 bridgehead atoms. The molecule has 0 unspecified atom stereocenters. The summed E-state index contributed by atoms with van der Waals surface area (Å²) in [5.41, 5.74) is -0.983. The molecule has 1 heterocycles. The summed E-state index contributed by atoms with van der Waals surface area (Å²) < 4.78 is 0. The number of nitrogens with zero attached hydrogens (tertiary/aromatic N) is 1. The van der Waals surface area contributed by atoms with Crippen molar-refractivity contribution in [3.05, 3.63) is 0 Å². The molecule has 3 aliphatic rings. The molecule has 4 atom stereocenters. The van der Waals surface area contributed by atoms with Gasteiger partial charge in [0.05, 0.1) is 0 Å². The van der Waals surface area contributed by atoms with Gasteiger partial charge in [0.15, 0.2) is 0 Å². The number of carbonyl (C=O) groups is 3.